The Morgan fingerprint density at radius 1 is 1.05 bits per heavy atom. The lowest BCUT2D eigenvalue weighted by Gasteiger charge is -2.26. The minimum Gasteiger partial charge on any atom is -0.508 e. The largest absolute Gasteiger partial charge is 0.508 e. The molecule has 0 fully saturated rings. The Balaban J connectivity index is 2.08. The van der Waals surface area contributed by atoms with Gasteiger partial charge in [0.05, 0.1) is 23.2 Å². The zero-order valence-electron chi connectivity index (χ0n) is 21.4. The lowest BCUT2D eigenvalue weighted by atomic mass is 10.0. The molecule has 0 aromatic heterocycles. The number of benzene rings is 2. The number of non-ortho nitro benzene ring substituents is 1. The van der Waals surface area contributed by atoms with Gasteiger partial charge in [0.1, 0.15) is 23.9 Å². The number of ether oxygens (including phenoxy) is 1. The van der Waals surface area contributed by atoms with Crippen molar-refractivity contribution in [2.75, 3.05) is 6.61 Å². The highest BCUT2D eigenvalue weighted by atomic mass is 19.1. The third kappa shape index (κ3) is 8.11. The van der Waals surface area contributed by atoms with Crippen LogP contribution in [0.4, 0.5) is 10.1 Å². The van der Waals surface area contributed by atoms with E-state index in [1.54, 1.807) is 0 Å². The lowest BCUT2D eigenvalue weighted by Crippen LogP contribution is -2.57. The second-order valence-electron chi connectivity index (χ2n) is 9.12. The Bertz CT molecular complexity index is 1370. The van der Waals surface area contributed by atoms with Crippen molar-refractivity contribution in [3.8, 4) is 11.5 Å². The fourth-order valence-corrected chi connectivity index (χ4v) is 3.98. The molecule has 15 nitrogen and oxygen atoms in total. The van der Waals surface area contributed by atoms with Gasteiger partial charge in [-0.3, -0.25) is 34.1 Å². The average molecular weight is 575 g/mol. The molecule has 41 heavy (non-hydrogen) atoms. The standard InChI is InChI=1S/C25H27FN6O9/c26-16-11-13(32(39)40)10-15-21(16)41-8-7-17(22(28)35)29-24(37)18(5-6-20(27)34)30-25(38)19(31-23(15)36)9-12-1-3-14(33)4-2-12/h1-4,10-11,17-19,33H,5-9H2,(H2,27,34)(H2,28,35)(H,29,37)(H,30,38)(H,31,36)/t17-,18-,19-/m0/s1. The number of nitrogens with one attached hydrogen (secondary N) is 3. The summed E-state index contributed by atoms with van der Waals surface area (Å²) < 4.78 is 20.3. The molecule has 0 saturated heterocycles. The number of amides is 5. The first kappa shape index (κ1) is 30.3. The van der Waals surface area contributed by atoms with E-state index >= 15 is 0 Å². The van der Waals surface area contributed by atoms with Crippen molar-refractivity contribution < 1.29 is 43.1 Å². The van der Waals surface area contributed by atoms with Crippen LogP contribution in [0.3, 0.4) is 0 Å². The summed E-state index contributed by atoms with van der Waals surface area (Å²) in [6, 6.07) is 2.63. The first-order valence-electron chi connectivity index (χ1n) is 12.2. The molecule has 218 valence electrons. The van der Waals surface area contributed by atoms with Crippen LogP contribution in [0.25, 0.3) is 0 Å². The SMILES string of the molecule is NC(=O)CC[C@@H]1NC(=O)[C@H](Cc2ccc(O)cc2)NC(=O)c2cc([N+](=O)[O-])cc(F)c2OCC[C@@H](C(N)=O)NC1=O. The molecular weight excluding hydrogens is 547 g/mol. The second-order valence-corrected chi connectivity index (χ2v) is 9.12. The maximum atomic E-state index is 14.9. The van der Waals surface area contributed by atoms with Crippen molar-refractivity contribution in [3.05, 3.63) is 63.5 Å². The van der Waals surface area contributed by atoms with E-state index in [2.05, 4.69) is 16.0 Å². The van der Waals surface area contributed by atoms with Crippen molar-refractivity contribution in [3.63, 3.8) is 0 Å². The van der Waals surface area contributed by atoms with Crippen LogP contribution in [0.2, 0.25) is 0 Å². The van der Waals surface area contributed by atoms with Gasteiger partial charge >= 0.3 is 0 Å². The maximum absolute atomic E-state index is 14.9. The van der Waals surface area contributed by atoms with E-state index in [9.17, 15) is 43.6 Å². The number of phenols is 1. The van der Waals surface area contributed by atoms with Gasteiger partial charge in [0.15, 0.2) is 11.6 Å². The summed E-state index contributed by atoms with van der Waals surface area (Å²) in [5.74, 6) is -6.75. The number of primary amides is 2. The first-order chi connectivity index (χ1) is 19.3. The first-order valence-corrected chi connectivity index (χ1v) is 12.2. The van der Waals surface area contributed by atoms with Gasteiger partial charge < -0.3 is 37.3 Å². The smallest absolute Gasteiger partial charge is 0.273 e. The Morgan fingerprint density at radius 2 is 1.71 bits per heavy atom. The van der Waals surface area contributed by atoms with Crippen LogP contribution >= 0.6 is 0 Å². The predicted molar refractivity (Wildman–Crippen MR) is 138 cm³/mol. The number of carbonyl (C=O) groups excluding carboxylic acids is 5. The molecule has 1 aliphatic heterocycles. The molecule has 0 bridgehead atoms. The van der Waals surface area contributed by atoms with E-state index in [0.717, 1.165) is 6.07 Å². The zero-order chi connectivity index (χ0) is 30.3. The molecule has 0 unspecified atom stereocenters. The van der Waals surface area contributed by atoms with E-state index in [4.69, 9.17) is 16.2 Å². The summed E-state index contributed by atoms with van der Waals surface area (Å²) >= 11 is 0. The summed E-state index contributed by atoms with van der Waals surface area (Å²) in [6.45, 7) is -0.460. The summed E-state index contributed by atoms with van der Waals surface area (Å²) in [5.41, 5.74) is 9.64. The van der Waals surface area contributed by atoms with Crippen molar-refractivity contribution in [2.45, 2.75) is 43.8 Å². The van der Waals surface area contributed by atoms with Gasteiger partial charge in [0.2, 0.25) is 23.6 Å². The molecule has 1 heterocycles. The number of carbonyl (C=O) groups is 5. The number of hydrogen-bond acceptors (Lipinski definition) is 9. The molecule has 0 spiro atoms. The Morgan fingerprint density at radius 3 is 2.32 bits per heavy atom. The highest BCUT2D eigenvalue weighted by molar-refractivity contribution is 6.01. The van der Waals surface area contributed by atoms with Gasteiger partial charge in [-0.1, -0.05) is 12.1 Å². The molecule has 8 N–H and O–H groups in total. The number of rotatable bonds is 7. The monoisotopic (exact) mass is 574 g/mol. The third-order valence-electron chi connectivity index (χ3n) is 6.11. The highest BCUT2D eigenvalue weighted by Crippen LogP contribution is 2.29. The normalized spacial score (nSPS) is 19.8. The summed E-state index contributed by atoms with van der Waals surface area (Å²) in [4.78, 5) is 73.5. The molecule has 1 aliphatic rings. The van der Waals surface area contributed by atoms with Gasteiger partial charge in [0.25, 0.3) is 11.6 Å². The van der Waals surface area contributed by atoms with Crippen molar-refractivity contribution >= 4 is 35.2 Å². The Hall–Kier alpha value is -5.28. The molecule has 0 saturated carbocycles. The van der Waals surface area contributed by atoms with Gasteiger partial charge in [-0.05, 0) is 24.1 Å². The second kappa shape index (κ2) is 13.2. The molecule has 5 amide bonds. The number of nitrogens with two attached hydrogens (primary N) is 2. The minimum absolute atomic E-state index is 0.0747. The molecule has 3 atom stereocenters. The topological polar surface area (TPSA) is 246 Å². The molecule has 0 aliphatic carbocycles. The van der Waals surface area contributed by atoms with Crippen LogP contribution < -0.4 is 32.2 Å². The lowest BCUT2D eigenvalue weighted by molar-refractivity contribution is -0.385. The number of nitro benzene ring substituents is 1. The number of phenolic OH excluding ortho intramolecular Hbond substituents is 1. The molecule has 3 rings (SSSR count). The van der Waals surface area contributed by atoms with Crippen LogP contribution in [-0.4, -0.2) is 64.3 Å². The van der Waals surface area contributed by atoms with Gasteiger partial charge in [-0.25, -0.2) is 4.39 Å². The average Bonchev–Trinajstić information content (AvgIpc) is 2.90. The van der Waals surface area contributed by atoms with E-state index in [-0.39, 0.29) is 31.4 Å². The van der Waals surface area contributed by atoms with Gasteiger partial charge in [0, 0.05) is 25.3 Å². The number of nitro groups is 1. The predicted octanol–water partition coefficient (Wildman–Crippen LogP) is -0.716. The van der Waals surface area contributed by atoms with Crippen LogP contribution in [0.15, 0.2) is 36.4 Å². The van der Waals surface area contributed by atoms with E-state index in [1.807, 2.05) is 0 Å². The summed E-state index contributed by atoms with van der Waals surface area (Å²) in [6.07, 6.45) is -1.11. The van der Waals surface area contributed by atoms with E-state index < -0.39 is 82.0 Å². The van der Waals surface area contributed by atoms with Gasteiger partial charge in [-0.2, -0.15) is 0 Å². The van der Waals surface area contributed by atoms with Crippen LogP contribution in [0.1, 0.15) is 35.2 Å². The van der Waals surface area contributed by atoms with Crippen molar-refractivity contribution in [1.29, 1.82) is 0 Å². The summed E-state index contributed by atoms with van der Waals surface area (Å²) in [7, 11) is 0. The number of hydrogen-bond donors (Lipinski definition) is 6. The molecule has 2 aromatic carbocycles. The Labute approximate surface area is 231 Å². The van der Waals surface area contributed by atoms with E-state index in [0.29, 0.717) is 11.6 Å². The quantitative estimate of drug-likeness (QED) is 0.180. The highest BCUT2D eigenvalue weighted by Gasteiger charge is 2.32. The van der Waals surface area contributed by atoms with E-state index in [1.165, 1.54) is 24.3 Å². The third-order valence-corrected chi connectivity index (χ3v) is 6.11. The molecule has 0 radical (unpaired) electrons. The van der Waals surface area contributed by atoms with Crippen molar-refractivity contribution in [1.82, 2.24) is 16.0 Å². The summed E-state index contributed by atoms with van der Waals surface area (Å²) in [5, 5.41) is 28.1. The fraction of sp³-hybridized carbons (Fsp3) is 0.320. The van der Waals surface area contributed by atoms with Crippen LogP contribution in [0.5, 0.6) is 11.5 Å². The number of nitrogens with zero attached hydrogens (tertiary/aromatic N) is 1. The Kier molecular flexibility index (Phi) is 9.73. The number of fused-ring (bicyclic) bond motifs is 1. The molecule has 16 heteroatoms. The van der Waals surface area contributed by atoms with Crippen molar-refractivity contribution in [2.24, 2.45) is 11.5 Å². The maximum Gasteiger partial charge on any atom is 0.273 e. The van der Waals surface area contributed by atoms with Gasteiger partial charge in [-0.15, -0.1) is 0 Å². The van der Waals surface area contributed by atoms with Crippen LogP contribution in [0, 0.1) is 15.9 Å². The zero-order valence-corrected chi connectivity index (χ0v) is 21.4. The minimum atomic E-state index is -1.46. The number of halogens is 1. The number of aromatic hydroxyl groups is 1. The molecule has 2 aromatic rings. The van der Waals surface area contributed by atoms with Crippen LogP contribution in [-0.2, 0) is 25.6 Å². The molecular formula is C25H27FN6O9. The fourth-order valence-electron chi connectivity index (χ4n) is 3.98.